The van der Waals surface area contributed by atoms with Crippen LogP contribution in [0.25, 0.3) is 0 Å². The summed E-state index contributed by atoms with van der Waals surface area (Å²) in [7, 11) is 0. The SMILES string of the molecule is Cc1cc(C)nc(NNC(=O)Cc2ccc(OCc3c(C)noc3C)cc2)n1. The molecule has 0 unspecified atom stereocenters. The quantitative estimate of drug-likeness (QED) is 0.607. The Hall–Kier alpha value is -3.42. The van der Waals surface area contributed by atoms with Crippen LogP contribution in [0.3, 0.4) is 0 Å². The molecule has 0 aliphatic rings. The van der Waals surface area contributed by atoms with Crippen LogP contribution in [0.1, 0.15) is 34.0 Å². The molecule has 1 aromatic carbocycles. The van der Waals surface area contributed by atoms with Crippen molar-refractivity contribution in [2.75, 3.05) is 5.43 Å². The first-order valence-electron chi connectivity index (χ1n) is 8.91. The summed E-state index contributed by atoms with van der Waals surface area (Å²) in [6.07, 6.45) is 0.224. The number of benzene rings is 1. The predicted molar refractivity (Wildman–Crippen MR) is 104 cm³/mol. The smallest absolute Gasteiger partial charge is 0.242 e. The van der Waals surface area contributed by atoms with Gasteiger partial charge in [-0.3, -0.25) is 15.6 Å². The lowest BCUT2D eigenvalue weighted by Gasteiger charge is -2.09. The largest absolute Gasteiger partial charge is 0.489 e. The number of amides is 1. The van der Waals surface area contributed by atoms with Crippen molar-refractivity contribution in [3.8, 4) is 5.75 Å². The minimum atomic E-state index is -0.188. The Labute approximate surface area is 163 Å². The number of anilines is 1. The third-order valence-corrected chi connectivity index (χ3v) is 4.15. The second kappa shape index (κ2) is 8.51. The van der Waals surface area contributed by atoms with Crippen molar-refractivity contribution in [1.82, 2.24) is 20.6 Å². The van der Waals surface area contributed by atoms with Crippen molar-refractivity contribution < 1.29 is 14.1 Å². The topological polar surface area (TPSA) is 102 Å². The average Bonchev–Trinajstić information content (AvgIpc) is 2.97. The summed E-state index contributed by atoms with van der Waals surface area (Å²) < 4.78 is 10.9. The highest BCUT2D eigenvalue weighted by atomic mass is 16.5. The summed E-state index contributed by atoms with van der Waals surface area (Å²) in [6.45, 7) is 7.88. The Morgan fingerprint density at radius 1 is 1.07 bits per heavy atom. The lowest BCUT2D eigenvalue weighted by atomic mass is 10.1. The lowest BCUT2D eigenvalue weighted by Crippen LogP contribution is -2.31. The second-order valence-corrected chi connectivity index (χ2v) is 6.56. The molecular formula is C20H23N5O3. The van der Waals surface area contributed by atoms with E-state index in [0.717, 1.165) is 34.0 Å². The van der Waals surface area contributed by atoms with Crippen LogP contribution in [0.15, 0.2) is 34.9 Å². The van der Waals surface area contributed by atoms with E-state index in [9.17, 15) is 4.79 Å². The zero-order valence-electron chi connectivity index (χ0n) is 16.4. The van der Waals surface area contributed by atoms with Crippen molar-refractivity contribution in [3.05, 3.63) is 64.3 Å². The van der Waals surface area contributed by atoms with Gasteiger partial charge in [0.2, 0.25) is 11.9 Å². The van der Waals surface area contributed by atoms with Gasteiger partial charge in [0.15, 0.2) is 0 Å². The maximum atomic E-state index is 12.1. The summed E-state index contributed by atoms with van der Waals surface area (Å²) in [5.41, 5.74) is 9.65. The maximum absolute atomic E-state index is 12.1. The molecule has 2 N–H and O–H groups in total. The van der Waals surface area contributed by atoms with Crippen molar-refractivity contribution in [2.45, 2.75) is 40.7 Å². The van der Waals surface area contributed by atoms with E-state index < -0.39 is 0 Å². The number of nitrogens with zero attached hydrogens (tertiary/aromatic N) is 3. The Morgan fingerprint density at radius 2 is 1.75 bits per heavy atom. The van der Waals surface area contributed by atoms with E-state index in [1.807, 2.05) is 58.0 Å². The van der Waals surface area contributed by atoms with Gasteiger partial charge in [-0.05, 0) is 51.5 Å². The summed E-state index contributed by atoms with van der Waals surface area (Å²) in [4.78, 5) is 20.5. The fourth-order valence-electron chi connectivity index (χ4n) is 2.70. The zero-order chi connectivity index (χ0) is 20.1. The summed E-state index contributed by atoms with van der Waals surface area (Å²) >= 11 is 0. The molecule has 0 atom stereocenters. The molecule has 2 heterocycles. The third kappa shape index (κ3) is 5.06. The molecular weight excluding hydrogens is 358 g/mol. The molecule has 3 aromatic rings. The number of nitrogens with one attached hydrogen (secondary N) is 2. The molecule has 28 heavy (non-hydrogen) atoms. The van der Waals surface area contributed by atoms with Crippen LogP contribution in [0.2, 0.25) is 0 Å². The van der Waals surface area contributed by atoms with Gasteiger partial charge in [0.25, 0.3) is 0 Å². The van der Waals surface area contributed by atoms with Crippen LogP contribution in [0.4, 0.5) is 5.95 Å². The summed E-state index contributed by atoms with van der Waals surface area (Å²) in [6, 6.07) is 9.25. The number of hydrogen-bond donors (Lipinski definition) is 2. The number of carbonyl (C=O) groups is 1. The van der Waals surface area contributed by atoms with Gasteiger partial charge in [-0.1, -0.05) is 17.3 Å². The molecule has 8 heteroatoms. The van der Waals surface area contributed by atoms with E-state index in [2.05, 4.69) is 26.0 Å². The molecule has 0 aliphatic heterocycles. The van der Waals surface area contributed by atoms with Gasteiger partial charge in [-0.2, -0.15) is 0 Å². The number of rotatable bonds is 7. The van der Waals surface area contributed by atoms with Gasteiger partial charge in [-0.25, -0.2) is 9.97 Å². The Balaban J connectivity index is 1.50. The fraction of sp³-hybridized carbons (Fsp3) is 0.300. The van der Waals surface area contributed by atoms with Crippen LogP contribution in [0.5, 0.6) is 5.75 Å². The van der Waals surface area contributed by atoms with E-state index in [0.29, 0.717) is 18.3 Å². The van der Waals surface area contributed by atoms with Gasteiger partial charge < -0.3 is 9.26 Å². The number of aromatic nitrogens is 3. The normalized spacial score (nSPS) is 10.6. The van der Waals surface area contributed by atoms with Crippen LogP contribution in [0, 0.1) is 27.7 Å². The van der Waals surface area contributed by atoms with Gasteiger partial charge in [-0.15, -0.1) is 0 Å². The highest BCUT2D eigenvalue weighted by Crippen LogP contribution is 2.18. The first kappa shape index (κ1) is 19.3. The number of ether oxygens (including phenoxy) is 1. The minimum Gasteiger partial charge on any atom is -0.489 e. The van der Waals surface area contributed by atoms with Gasteiger partial charge in [0.1, 0.15) is 18.1 Å². The van der Waals surface area contributed by atoms with Crippen molar-refractivity contribution >= 4 is 11.9 Å². The van der Waals surface area contributed by atoms with Crippen LogP contribution < -0.4 is 15.6 Å². The molecule has 0 saturated heterocycles. The van der Waals surface area contributed by atoms with E-state index in [4.69, 9.17) is 9.26 Å². The highest BCUT2D eigenvalue weighted by molar-refractivity contribution is 5.79. The first-order chi connectivity index (χ1) is 13.4. The molecule has 3 rings (SSSR count). The van der Waals surface area contributed by atoms with Crippen molar-refractivity contribution in [3.63, 3.8) is 0 Å². The van der Waals surface area contributed by atoms with E-state index >= 15 is 0 Å². The molecule has 146 valence electrons. The number of hydrogen-bond acceptors (Lipinski definition) is 7. The van der Waals surface area contributed by atoms with Crippen LogP contribution >= 0.6 is 0 Å². The molecule has 0 radical (unpaired) electrons. The van der Waals surface area contributed by atoms with E-state index in [1.54, 1.807) is 0 Å². The Morgan fingerprint density at radius 3 is 2.36 bits per heavy atom. The highest BCUT2D eigenvalue weighted by Gasteiger charge is 2.10. The average molecular weight is 381 g/mol. The number of carbonyl (C=O) groups excluding carboxylic acids is 1. The second-order valence-electron chi connectivity index (χ2n) is 6.56. The van der Waals surface area contributed by atoms with Crippen molar-refractivity contribution in [2.24, 2.45) is 0 Å². The zero-order valence-corrected chi connectivity index (χ0v) is 16.4. The Bertz CT molecular complexity index is 927. The first-order valence-corrected chi connectivity index (χ1v) is 8.91. The van der Waals surface area contributed by atoms with Crippen LogP contribution in [-0.2, 0) is 17.8 Å². The monoisotopic (exact) mass is 381 g/mol. The molecule has 8 nitrogen and oxygen atoms in total. The van der Waals surface area contributed by atoms with Gasteiger partial charge in [0, 0.05) is 11.4 Å². The predicted octanol–water partition coefficient (Wildman–Crippen LogP) is 2.96. The minimum absolute atomic E-state index is 0.188. The lowest BCUT2D eigenvalue weighted by molar-refractivity contribution is -0.119. The molecule has 0 saturated carbocycles. The number of hydrazine groups is 1. The molecule has 0 aliphatic carbocycles. The van der Waals surface area contributed by atoms with Crippen molar-refractivity contribution in [1.29, 1.82) is 0 Å². The molecule has 2 aromatic heterocycles. The number of aryl methyl sites for hydroxylation is 4. The van der Waals surface area contributed by atoms with Gasteiger partial charge in [0.05, 0.1) is 17.7 Å². The van der Waals surface area contributed by atoms with E-state index in [-0.39, 0.29) is 12.3 Å². The molecule has 0 fully saturated rings. The van der Waals surface area contributed by atoms with Crippen LogP contribution in [-0.4, -0.2) is 21.0 Å². The van der Waals surface area contributed by atoms with Gasteiger partial charge >= 0.3 is 0 Å². The summed E-state index contributed by atoms with van der Waals surface area (Å²) in [5, 5.41) is 3.91. The van der Waals surface area contributed by atoms with E-state index in [1.165, 1.54) is 0 Å². The standard InChI is InChI=1S/C20H23N5O3/c1-12-9-13(2)22-20(21-12)24-23-19(26)10-16-5-7-17(8-6-16)27-11-18-14(3)25-28-15(18)4/h5-9H,10-11H2,1-4H3,(H,23,26)(H,21,22,24). The fourth-order valence-corrected chi connectivity index (χ4v) is 2.70. The molecule has 1 amide bonds. The Kier molecular flexibility index (Phi) is 5.88. The summed E-state index contributed by atoms with van der Waals surface area (Å²) in [5.74, 6) is 1.65. The molecule has 0 bridgehead atoms. The maximum Gasteiger partial charge on any atom is 0.242 e. The third-order valence-electron chi connectivity index (χ3n) is 4.15. The molecule has 0 spiro atoms.